The van der Waals surface area contributed by atoms with E-state index in [1.54, 1.807) is 0 Å². The van der Waals surface area contributed by atoms with Crippen molar-refractivity contribution in [1.82, 2.24) is 4.98 Å². The number of aldehydes is 1. The molecule has 7 heteroatoms. The van der Waals surface area contributed by atoms with Crippen molar-refractivity contribution in [1.29, 1.82) is 0 Å². The third-order valence-corrected chi connectivity index (χ3v) is 1.81. The number of ether oxygens (including phenoxy) is 2. The van der Waals surface area contributed by atoms with Gasteiger partial charge in [-0.1, -0.05) is 0 Å². The molecule has 1 rings (SSSR count). The van der Waals surface area contributed by atoms with Gasteiger partial charge in [-0.3, -0.25) is 4.79 Å². The van der Waals surface area contributed by atoms with Crippen molar-refractivity contribution in [2.24, 2.45) is 0 Å². The third kappa shape index (κ3) is 2.62. The van der Waals surface area contributed by atoms with Crippen LogP contribution in [0.5, 0.6) is 11.5 Å². The molecule has 4 nitrogen and oxygen atoms in total. The maximum atomic E-state index is 12.1. The Hall–Kier alpha value is -1.79. The summed E-state index contributed by atoms with van der Waals surface area (Å²) < 4.78 is 44.7. The first kappa shape index (κ1) is 12.3. The Labute approximate surface area is 89.0 Å². The molecule has 0 radical (unpaired) electrons. The Balaban J connectivity index is 3.26. The Morgan fingerprint density at radius 1 is 1.44 bits per heavy atom. The van der Waals surface area contributed by atoms with E-state index in [0.717, 1.165) is 6.20 Å². The minimum atomic E-state index is -4.88. The molecule has 16 heavy (non-hydrogen) atoms. The molecule has 0 bridgehead atoms. The molecule has 0 saturated heterocycles. The van der Waals surface area contributed by atoms with Crippen molar-refractivity contribution in [2.75, 3.05) is 7.11 Å². The molecule has 0 aliphatic rings. The molecule has 0 unspecified atom stereocenters. The van der Waals surface area contributed by atoms with Crippen LogP contribution in [-0.2, 0) is 0 Å². The monoisotopic (exact) mass is 235 g/mol. The molecule has 0 aliphatic heterocycles. The predicted molar refractivity (Wildman–Crippen MR) is 47.6 cm³/mol. The van der Waals surface area contributed by atoms with E-state index < -0.39 is 17.8 Å². The highest BCUT2D eigenvalue weighted by Crippen LogP contribution is 2.32. The molecule has 1 heterocycles. The van der Waals surface area contributed by atoms with Crippen LogP contribution in [0, 0.1) is 6.92 Å². The fraction of sp³-hybridized carbons (Fsp3) is 0.333. The maximum Gasteiger partial charge on any atom is 0.573 e. The topological polar surface area (TPSA) is 48.4 Å². The SMILES string of the molecule is COc1cnc(C=O)c(OC(F)(F)F)c1C. The zero-order valence-corrected chi connectivity index (χ0v) is 8.46. The zero-order valence-electron chi connectivity index (χ0n) is 8.46. The fourth-order valence-electron chi connectivity index (χ4n) is 1.12. The summed E-state index contributed by atoms with van der Waals surface area (Å²) >= 11 is 0. The summed E-state index contributed by atoms with van der Waals surface area (Å²) in [4.78, 5) is 14.0. The lowest BCUT2D eigenvalue weighted by Crippen LogP contribution is -2.19. The second kappa shape index (κ2) is 4.38. The molecule has 0 fully saturated rings. The molecular weight excluding hydrogens is 227 g/mol. The molecule has 0 saturated carbocycles. The number of aromatic nitrogens is 1. The van der Waals surface area contributed by atoms with Gasteiger partial charge < -0.3 is 9.47 Å². The molecule has 0 aromatic carbocycles. The van der Waals surface area contributed by atoms with E-state index in [0.29, 0.717) is 0 Å². The zero-order chi connectivity index (χ0) is 12.3. The van der Waals surface area contributed by atoms with Crippen molar-refractivity contribution in [3.05, 3.63) is 17.5 Å². The second-order valence-electron chi connectivity index (χ2n) is 2.83. The van der Waals surface area contributed by atoms with Crippen LogP contribution < -0.4 is 9.47 Å². The van der Waals surface area contributed by atoms with Gasteiger partial charge in [0.15, 0.2) is 12.0 Å². The molecule has 0 N–H and O–H groups in total. The highest BCUT2D eigenvalue weighted by molar-refractivity contribution is 5.77. The van der Waals surface area contributed by atoms with Gasteiger partial charge in [0.25, 0.3) is 0 Å². The molecule has 0 spiro atoms. The van der Waals surface area contributed by atoms with Gasteiger partial charge in [0.1, 0.15) is 11.4 Å². The number of methoxy groups -OCH3 is 1. The summed E-state index contributed by atoms with van der Waals surface area (Å²) in [7, 11) is 1.28. The summed E-state index contributed by atoms with van der Waals surface area (Å²) in [5, 5.41) is 0. The molecule has 0 atom stereocenters. The van der Waals surface area contributed by atoms with E-state index in [9.17, 15) is 18.0 Å². The minimum absolute atomic E-state index is 0.0666. The average molecular weight is 235 g/mol. The van der Waals surface area contributed by atoms with Gasteiger partial charge in [-0.2, -0.15) is 0 Å². The first-order valence-electron chi connectivity index (χ1n) is 4.13. The molecule has 1 aromatic rings. The summed E-state index contributed by atoms with van der Waals surface area (Å²) in [6.07, 6.45) is -3.54. The van der Waals surface area contributed by atoms with Crippen LogP contribution in [0.2, 0.25) is 0 Å². The van der Waals surface area contributed by atoms with Gasteiger partial charge in [-0.15, -0.1) is 13.2 Å². The minimum Gasteiger partial charge on any atom is -0.495 e. The van der Waals surface area contributed by atoms with E-state index in [-0.39, 0.29) is 17.6 Å². The normalized spacial score (nSPS) is 11.1. The van der Waals surface area contributed by atoms with E-state index in [4.69, 9.17) is 4.74 Å². The van der Waals surface area contributed by atoms with Gasteiger partial charge in [0.05, 0.1) is 13.3 Å². The van der Waals surface area contributed by atoms with Crippen molar-refractivity contribution >= 4 is 6.29 Å². The van der Waals surface area contributed by atoms with Gasteiger partial charge >= 0.3 is 6.36 Å². The second-order valence-corrected chi connectivity index (χ2v) is 2.83. The van der Waals surface area contributed by atoms with Crippen molar-refractivity contribution in [2.45, 2.75) is 13.3 Å². The lowest BCUT2D eigenvalue weighted by molar-refractivity contribution is -0.275. The van der Waals surface area contributed by atoms with Crippen LogP contribution in [-0.4, -0.2) is 24.7 Å². The number of alkyl halides is 3. The number of carbonyl (C=O) groups excluding carboxylic acids is 1. The van der Waals surface area contributed by atoms with Crippen molar-refractivity contribution in [3.63, 3.8) is 0 Å². The summed E-state index contributed by atoms with van der Waals surface area (Å²) in [6.45, 7) is 1.34. The highest BCUT2D eigenvalue weighted by atomic mass is 19.4. The maximum absolute atomic E-state index is 12.1. The summed E-state index contributed by atoms with van der Waals surface area (Å²) in [6, 6.07) is 0. The Morgan fingerprint density at radius 2 is 2.06 bits per heavy atom. The molecular formula is C9H8F3NO3. The Bertz CT molecular complexity index is 404. The smallest absolute Gasteiger partial charge is 0.495 e. The Morgan fingerprint density at radius 3 is 2.50 bits per heavy atom. The first-order valence-corrected chi connectivity index (χ1v) is 4.13. The number of carbonyl (C=O) groups is 1. The third-order valence-electron chi connectivity index (χ3n) is 1.81. The number of hydrogen-bond donors (Lipinski definition) is 0. The molecule has 0 amide bonds. The van der Waals surface area contributed by atoms with E-state index in [2.05, 4.69) is 9.72 Å². The van der Waals surface area contributed by atoms with Crippen LogP contribution in [0.3, 0.4) is 0 Å². The average Bonchev–Trinajstić information content (AvgIpc) is 2.19. The van der Waals surface area contributed by atoms with Crippen molar-refractivity contribution < 1.29 is 27.4 Å². The molecule has 88 valence electrons. The summed E-state index contributed by atoms with van der Waals surface area (Å²) in [5.41, 5.74) is -0.354. The van der Waals surface area contributed by atoms with Gasteiger partial charge in [-0.05, 0) is 6.92 Å². The molecule has 0 aliphatic carbocycles. The van der Waals surface area contributed by atoms with Crippen LogP contribution in [0.25, 0.3) is 0 Å². The van der Waals surface area contributed by atoms with Gasteiger partial charge in [0.2, 0.25) is 0 Å². The van der Waals surface area contributed by atoms with Gasteiger partial charge in [0, 0.05) is 5.56 Å². The largest absolute Gasteiger partial charge is 0.573 e. The number of rotatable bonds is 3. The van der Waals surface area contributed by atoms with Crippen LogP contribution in [0.1, 0.15) is 16.1 Å². The standard InChI is InChI=1S/C9H8F3NO3/c1-5-7(15-2)3-13-6(4-14)8(5)16-9(10,11)12/h3-4H,1-2H3. The van der Waals surface area contributed by atoms with Crippen molar-refractivity contribution in [3.8, 4) is 11.5 Å². The number of pyridine rings is 1. The van der Waals surface area contributed by atoms with E-state index in [1.165, 1.54) is 14.0 Å². The molecule has 1 aromatic heterocycles. The van der Waals surface area contributed by atoms with E-state index >= 15 is 0 Å². The number of halogens is 3. The van der Waals surface area contributed by atoms with E-state index in [1.807, 2.05) is 0 Å². The fourth-order valence-corrected chi connectivity index (χ4v) is 1.12. The lowest BCUT2D eigenvalue weighted by Gasteiger charge is -2.14. The lowest BCUT2D eigenvalue weighted by atomic mass is 10.2. The van der Waals surface area contributed by atoms with Crippen LogP contribution in [0.4, 0.5) is 13.2 Å². The van der Waals surface area contributed by atoms with Crippen LogP contribution in [0.15, 0.2) is 6.20 Å². The quantitative estimate of drug-likeness (QED) is 0.753. The first-order chi connectivity index (χ1) is 7.39. The highest BCUT2D eigenvalue weighted by Gasteiger charge is 2.33. The number of hydrogen-bond acceptors (Lipinski definition) is 4. The Kier molecular flexibility index (Phi) is 3.36. The summed E-state index contributed by atoms with van der Waals surface area (Å²) in [5.74, 6) is -0.522. The van der Waals surface area contributed by atoms with Crippen LogP contribution >= 0.6 is 0 Å². The van der Waals surface area contributed by atoms with Gasteiger partial charge in [-0.25, -0.2) is 4.98 Å². The predicted octanol–water partition coefficient (Wildman–Crippen LogP) is 2.11. The number of nitrogens with zero attached hydrogens (tertiary/aromatic N) is 1.